The van der Waals surface area contributed by atoms with Crippen LogP contribution in [0.3, 0.4) is 0 Å². The van der Waals surface area contributed by atoms with Crippen molar-refractivity contribution in [1.82, 2.24) is 10.3 Å². The van der Waals surface area contributed by atoms with E-state index in [9.17, 15) is 18.8 Å². The van der Waals surface area contributed by atoms with Crippen molar-refractivity contribution in [2.75, 3.05) is 5.75 Å². The Bertz CT molecular complexity index is 1030. The maximum Gasteiger partial charge on any atom is 0.387 e. The first-order chi connectivity index (χ1) is 14.9. The van der Waals surface area contributed by atoms with Gasteiger partial charge < -0.3 is 14.5 Å². The van der Waals surface area contributed by atoms with Crippen LogP contribution in [0, 0.1) is 11.3 Å². The number of oxazole rings is 1. The Morgan fingerprint density at radius 3 is 2.71 bits per heavy atom. The summed E-state index contributed by atoms with van der Waals surface area (Å²) in [5.41, 5.74) is 1.14. The van der Waals surface area contributed by atoms with E-state index in [1.807, 2.05) is 24.3 Å². The number of thioether (sulfide) groups is 1. The number of amides is 1. The Hall–Kier alpha value is -3.12. The van der Waals surface area contributed by atoms with Gasteiger partial charge in [0.1, 0.15) is 16.8 Å². The maximum absolute atomic E-state index is 12.4. The van der Waals surface area contributed by atoms with Gasteiger partial charge in [-0.15, -0.1) is 0 Å². The lowest BCUT2D eigenvalue weighted by molar-refractivity contribution is -0.121. The van der Waals surface area contributed by atoms with E-state index in [-0.39, 0.29) is 18.1 Å². The highest BCUT2D eigenvalue weighted by atomic mass is 32.2. The molecule has 0 aliphatic heterocycles. The monoisotopic (exact) mass is 445 g/mol. The summed E-state index contributed by atoms with van der Waals surface area (Å²) in [6.07, 6.45) is 1.17. The van der Waals surface area contributed by atoms with Gasteiger partial charge in [-0.25, -0.2) is 4.98 Å². The third-order valence-electron chi connectivity index (χ3n) is 4.50. The third-order valence-corrected chi connectivity index (χ3v) is 5.41. The smallest absolute Gasteiger partial charge is 0.387 e. The molecule has 0 fully saturated rings. The van der Waals surface area contributed by atoms with Crippen LogP contribution in [0.2, 0.25) is 0 Å². The molecule has 0 bridgehead atoms. The number of carbonyl (C=O) groups is 1. The molecular formula is C22H21F2N3O3S. The van der Waals surface area contributed by atoms with Crippen molar-refractivity contribution in [3.05, 3.63) is 54.1 Å². The first-order valence-electron chi connectivity index (χ1n) is 9.61. The molecule has 0 saturated heterocycles. The van der Waals surface area contributed by atoms with Gasteiger partial charge in [0.2, 0.25) is 5.91 Å². The van der Waals surface area contributed by atoms with E-state index in [1.165, 1.54) is 36.0 Å². The van der Waals surface area contributed by atoms with Crippen LogP contribution < -0.4 is 10.1 Å². The van der Waals surface area contributed by atoms with E-state index < -0.39 is 12.2 Å². The highest BCUT2D eigenvalue weighted by molar-refractivity contribution is 7.99. The Morgan fingerprint density at radius 2 is 2.03 bits per heavy atom. The second-order valence-corrected chi connectivity index (χ2v) is 8.14. The number of benzene rings is 2. The molecular weight excluding hydrogens is 424 g/mol. The van der Waals surface area contributed by atoms with E-state index in [0.29, 0.717) is 29.4 Å². The predicted octanol–water partition coefficient (Wildman–Crippen LogP) is 4.94. The molecule has 0 aliphatic carbocycles. The first kappa shape index (κ1) is 22.6. The third kappa shape index (κ3) is 6.69. The fourth-order valence-corrected chi connectivity index (χ4v) is 3.75. The number of nitriles is 1. The Morgan fingerprint density at radius 1 is 1.29 bits per heavy atom. The maximum atomic E-state index is 12.4. The molecule has 6 nitrogen and oxygen atoms in total. The second kappa shape index (κ2) is 10.3. The van der Waals surface area contributed by atoms with Gasteiger partial charge in [-0.2, -0.15) is 14.0 Å². The predicted molar refractivity (Wildman–Crippen MR) is 113 cm³/mol. The number of halogens is 2. The van der Waals surface area contributed by atoms with Crippen LogP contribution in [0.4, 0.5) is 8.78 Å². The standard InChI is InChI=1S/C22H21F2N3O3S/c1-22(14-25,11-4-12-31-21-26-17-5-2-3-6-18(17)30-21)27-19(28)13-15-7-9-16(10-8-15)29-20(23)24/h2-3,5-10,20H,4,11-13H2,1H3,(H,27,28). The molecule has 31 heavy (non-hydrogen) atoms. The summed E-state index contributed by atoms with van der Waals surface area (Å²) in [6.45, 7) is -1.22. The number of ether oxygens (including phenoxy) is 1. The minimum absolute atomic E-state index is 0.0254. The number of hydrogen-bond donors (Lipinski definition) is 1. The topological polar surface area (TPSA) is 88.2 Å². The van der Waals surface area contributed by atoms with E-state index in [2.05, 4.69) is 21.1 Å². The Balaban J connectivity index is 1.45. The summed E-state index contributed by atoms with van der Waals surface area (Å²) in [5, 5.41) is 12.9. The first-order valence-corrected chi connectivity index (χ1v) is 10.6. The van der Waals surface area contributed by atoms with Crippen molar-refractivity contribution in [3.63, 3.8) is 0 Å². The number of carbonyl (C=O) groups excluding carboxylic acids is 1. The molecule has 1 unspecified atom stereocenters. The molecule has 1 aromatic heterocycles. The van der Waals surface area contributed by atoms with Gasteiger partial charge >= 0.3 is 6.61 Å². The lowest BCUT2D eigenvalue weighted by atomic mass is 9.97. The summed E-state index contributed by atoms with van der Waals surface area (Å²) in [5.74, 6) is 0.390. The molecule has 0 spiro atoms. The highest BCUT2D eigenvalue weighted by Crippen LogP contribution is 2.25. The minimum atomic E-state index is -2.90. The summed E-state index contributed by atoms with van der Waals surface area (Å²) in [4.78, 5) is 16.8. The van der Waals surface area contributed by atoms with Crippen LogP contribution in [0.1, 0.15) is 25.3 Å². The molecule has 0 saturated carbocycles. The molecule has 2 aromatic carbocycles. The zero-order valence-electron chi connectivity index (χ0n) is 16.8. The number of nitrogens with zero attached hydrogens (tertiary/aromatic N) is 2. The zero-order valence-corrected chi connectivity index (χ0v) is 17.6. The normalized spacial score (nSPS) is 13.0. The average molecular weight is 445 g/mol. The molecule has 1 atom stereocenters. The molecule has 9 heteroatoms. The number of para-hydroxylation sites is 2. The van der Waals surface area contributed by atoms with Gasteiger partial charge in [0, 0.05) is 5.75 Å². The van der Waals surface area contributed by atoms with Crippen LogP contribution in [0.5, 0.6) is 5.75 Å². The second-order valence-electron chi connectivity index (χ2n) is 7.09. The number of alkyl halides is 2. The van der Waals surface area contributed by atoms with Gasteiger partial charge in [0.15, 0.2) is 5.58 Å². The van der Waals surface area contributed by atoms with Crippen molar-refractivity contribution >= 4 is 28.8 Å². The van der Waals surface area contributed by atoms with Gasteiger partial charge in [-0.1, -0.05) is 36.0 Å². The molecule has 1 heterocycles. The van der Waals surface area contributed by atoms with Gasteiger partial charge in [0.05, 0.1) is 12.5 Å². The lowest BCUT2D eigenvalue weighted by Crippen LogP contribution is -2.45. The average Bonchev–Trinajstić information content (AvgIpc) is 3.15. The van der Waals surface area contributed by atoms with Crippen LogP contribution in [-0.2, 0) is 11.2 Å². The van der Waals surface area contributed by atoms with Crippen molar-refractivity contribution in [3.8, 4) is 11.8 Å². The van der Waals surface area contributed by atoms with E-state index in [1.54, 1.807) is 6.92 Å². The summed E-state index contributed by atoms with van der Waals surface area (Å²) in [7, 11) is 0. The van der Waals surface area contributed by atoms with Gasteiger partial charge in [0.25, 0.3) is 5.22 Å². The quantitative estimate of drug-likeness (QED) is 0.351. The molecule has 3 aromatic rings. The van der Waals surface area contributed by atoms with E-state index >= 15 is 0 Å². The number of aromatic nitrogens is 1. The van der Waals surface area contributed by atoms with E-state index in [4.69, 9.17) is 4.42 Å². The molecule has 162 valence electrons. The molecule has 0 aliphatic rings. The Labute approximate surface area is 182 Å². The van der Waals surface area contributed by atoms with Crippen LogP contribution in [-0.4, -0.2) is 28.8 Å². The van der Waals surface area contributed by atoms with E-state index in [0.717, 1.165) is 11.1 Å². The molecule has 0 radical (unpaired) electrons. The summed E-state index contributed by atoms with van der Waals surface area (Å²) >= 11 is 1.46. The van der Waals surface area contributed by atoms with Crippen LogP contribution in [0.15, 0.2) is 58.2 Å². The summed E-state index contributed by atoms with van der Waals surface area (Å²) < 4.78 is 34.3. The van der Waals surface area contributed by atoms with Crippen molar-refractivity contribution < 1.29 is 22.7 Å². The number of fused-ring (bicyclic) bond motifs is 1. The number of nitrogens with one attached hydrogen (secondary N) is 1. The molecule has 1 amide bonds. The van der Waals surface area contributed by atoms with Crippen molar-refractivity contribution in [2.24, 2.45) is 0 Å². The fourth-order valence-electron chi connectivity index (χ4n) is 2.97. The highest BCUT2D eigenvalue weighted by Gasteiger charge is 2.25. The molecule has 1 N–H and O–H groups in total. The van der Waals surface area contributed by atoms with Gasteiger partial charge in [-0.3, -0.25) is 4.79 Å². The van der Waals surface area contributed by atoms with Crippen LogP contribution >= 0.6 is 11.8 Å². The minimum Gasteiger partial charge on any atom is -0.435 e. The largest absolute Gasteiger partial charge is 0.435 e. The summed E-state index contributed by atoms with van der Waals surface area (Å²) in [6, 6.07) is 15.5. The number of hydrogen-bond acceptors (Lipinski definition) is 6. The van der Waals surface area contributed by atoms with Crippen molar-refractivity contribution in [2.45, 2.75) is 43.6 Å². The van der Waals surface area contributed by atoms with Gasteiger partial charge in [-0.05, 0) is 49.6 Å². The fraction of sp³-hybridized carbons (Fsp3) is 0.318. The lowest BCUT2D eigenvalue weighted by Gasteiger charge is -2.23. The molecule has 3 rings (SSSR count). The van der Waals surface area contributed by atoms with Crippen molar-refractivity contribution in [1.29, 1.82) is 5.26 Å². The number of rotatable bonds is 10. The Kier molecular flexibility index (Phi) is 7.47. The SMILES string of the molecule is CC(C#N)(CCCSc1nc2ccccc2o1)NC(=O)Cc1ccc(OC(F)F)cc1. The zero-order chi connectivity index (χ0) is 22.3. The van der Waals surface area contributed by atoms with Crippen LogP contribution in [0.25, 0.3) is 11.1 Å².